The molecule has 2 aromatic rings. The molecular formula is C14H16N2O3S. The van der Waals surface area contributed by atoms with Gasteiger partial charge in [0.15, 0.2) is 11.5 Å². The molecule has 0 aliphatic carbocycles. The van der Waals surface area contributed by atoms with Crippen molar-refractivity contribution in [3.8, 4) is 11.5 Å². The lowest BCUT2D eigenvalue weighted by Crippen LogP contribution is -2.13. The number of benzene rings is 1. The van der Waals surface area contributed by atoms with Gasteiger partial charge in [-0.2, -0.15) is 0 Å². The molecule has 1 aromatic heterocycles. The molecule has 2 rings (SSSR count). The highest BCUT2D eigenvalue weighted by Gasteiger charge is 2.14. The molecule has 0 spiro atoms. The summed E-state index contributed by atoms with van der Waals surface area (Å²) in [7, 11) is 3.12. The molecular weight excluding hydrogens is 276 g/mol. The molecule has 0 radical (unpaired) electrons. The van der Waals surface area contributed by atoms with E-state index >= 15 is 0 Å². The van der Waals surface area contributed by atoms with Gasteiger partial charge in [0.1, 0.15) is 4.88 Å². The molecule has 20 heavy (non-hydrogen) atoms. The van der Waals surface area contributed by atoms with Crippen molar-refractivity contribution < 1.29 is 14.3 Å². The van der Waals surface area contributed by atoms with E-state index in [-0.39, 0.29) is 5.91 Å². The number of nitrogens with one attached hydrogen (secondary N) is 1. The number of thiophene rings is 1. The summed E-state index contributed by atoms with van der Waals surface area (Å²) in [5.41, 5.74) is 7.76. The number of nitrogen functional groups attached to an aromatic ring is 1. The van der Waals surface area contributed by atoms with Crippen molar-refractivity contribution in [2.45, 2.75) is 6.92 Å². The van der Waals surface area contributed by atoms with Crippen molar-refractivity contribution in [1.29, 1.82) is 0 Å². The summed E-state index contributed by atoms with van der Waals surface area (Å²) in [6.45, 7) is 1.88. The molecule has 6 heteroatoms. The summed E-state index contributed by atoms with van der Waals surface area (Å²) < 4.78 is 10.4. The fraction of sp³-hybridized carbons (Fsp3) is 0.214. The van der Waals surface area contributed by atoms with E-state index in [0.717, 1.165) is 5.56 Å². The standard InChI is InChI=1S/C14H16N2O3S/c1-8-6-11(18-2)12(19-3)7-10(8)16-14(17)13-9(15)4-5-20-13/h4-7H,15H2,1-3H3,(H,16,17). The monoisotopic (exact) mass is 292 g/mol. The highest BCUT2D eigenvalue weighted by molar-refractivity contribution is 7.12. The van der Waals surface area contributed by atoms with Gasteiger partial charge < -0.3 is 20.5 Å². The number of anilines is 2. The first kappa shape index (κ1) is 14.2. The van der Waals surface area contributed by atoms with Crippen molar-refractivity contribution in [2.75, 3.05) is 25.3 Å². The van der Waals surface area contributed by atoms with Crippen LogP contribution in [0.3, 0.4) is 0 Å². The third-order valence-electron chi connectivity index (χ3n) is 2.88. The maximum atomic E-state index is 12.1. The van der Waals surface area contributed by atoms with Crippen molar-refractivity contribution in [3.05, 3.63) is 34.0 Å². The minimum atomic E-state index is -0.229. The highest BCUT2D eigenvalue weighted by atomic mass is 32.1. The van der Waals surface area contributed by atoms with E-state index in [1.54, 1.807) is 31.7 Å². The Morgan fingerprint density at radius 1 is 1.25 bits per heavy atom. The van der Waals surface area contributed by atoms with Gasteiger partial charge in [0.2, 0.25) is 0 Å². The van der Waals surface area contributed by atoms with Gasteiger partial charge in [0.05, 0.1) is 19.9 Å². The van der Waals surface area contributed by atoms with Crippen molar-refractivity contribution >= 4 is 28.6 Å². The van der Waals surface area contributed by atoms with Gasteiger partial charge in [0, 0.05) is 11.8 Å². The van der Waals surface area contributed by atoms with E-state index in [1.807, 2.05) is 13.0 Å². The summed E-state index contributed by atoms with van der Waals surface area (Å²) in [5.74, 6) is 0.957. The number of aryl methyl sites for hydroxylation is 1. The number of hydrogen-bond acceptors (Lipinski definition) is 5. The van der Waals surface area contributed by atoms with Gasteiger partial charge in [-0.25, -0.2) is 0 Å². The van der Waals surface area contributed by atoms with Gasteiger partial charge in [-0.05, 0) is 30.0 Å². The fourth-order valence-electron chi connectivity index (χ4n) is 1.80. The molecule has 1 heterocycles. The number of rotatable bonds is 4. The van der Waals surface area contributed by atoms with Gasteiger partial charge in [0.25, 0.3) is 5.91 Å². The average molecular weight is 292 g/mol. The fourth-order valence-corrected chi connectivity index (χ4v) is 2.51. The summed E-state index contributed by atoms with van der Waals surface area (Å²) in [5, 5.41) is 4.62. The quantitative estimate of drug-likeness (QED) is 0.908. The molecule has 0 saturated heterocycles. The van der Waals surface area contributed by atoms with Crippen LogP contribution in [0.15, 0.2) is 23.6 Å². The van der Waals surface area contributed by atoms with Crippen molar-refractivity contribution in [3.63, 3.8) is 0 Å². The van der Waals surface area contributed by atoms with E-state index in [2.05, 4.69) is 5.32 Å². The zero-order valence-electron chi connectivity index (χ0n) is 11.5. The lowest BCUT2D eigenvalue weighted by Gasteiger charge is -2.13. The van der Waals surface area contributed by atoms with Crippen LogP contribution in [0.1, 0.15) is 15.2 Å². The molecule has 0 aliphatic rings. The molecule has 1 aromatic carbocycles. The summed E-state index contributed by atoms with van der Waals surface area (Å²) in [6.07, 6.45) is 0. The lowest BCUT2D eigenvalue weighted by molar-refractivity contribution is 0.103. The Morgan fingerprint density at radius 2 is 1.90 bits per heavy atom. The van der Waals surface area contributed by atoms with Crippen LogP contribution in [0.2, 0.25) is 0 Å². The number of nitrogens with two attached hydrogens (primary N) is 1. The Kier molecular flexibility index (Phi) is 4.14. The van der Waals surface area contributed by atoms with Gasteiger partial charge in [-0.3, -0.25) is 4.79 Å². The Balaban J connectivity index is 2.30. The molecule has 0 fully saturated rings. The lowest BCUT2D eigenvalue weighted by atomic mass is 10.1. The third-order valence-corrected chi connectivity index (χ3v) is 3.81. The Hall–Kier alpha value is -2.21. The maximum absolute atomic E-state index is 12.1. The van der Waals surface area contributed by atoms with Crippen LogP contribution >= 0.6 is 11.3 Å². The summed E-state index contributed by atoms with van der Waals surface area (Å²) in [4.78, 5) is 12.6. The number of carbonyl (C=O) groups excluding carboxylic acids is 1. The van der Waals surface area contributed by atoms with Crippen LogP contribution in [0, 0.1) is 6.92 Å². The molecule has 0 saturated carbocycles. The first-order valence-corrected chi connectivity index (χ1v) is 6.81. The van der Waals surface area contributed by atoms with E-state index < -0.39 is 0 Å². The molecule has 1 amide bonds. The van der Waals surface area contributed by atoms with Crippen molar-refractivity contribution in [2.24, 2.45) is 0 Å². The number of ether oxygens (including phenoxy) is 2. The Bertz CT molecular complexity index is 637. The van der Waals surface area contributed by atoms with E-state index in [1.165, 1.54) is 11.3 Å². The second-order valence-electron chi connectivity index (χ2n) is 4.18. The maximum Gasteiger partial charge on any atom is 0.267 e. The zero-order valence-corrected chi connectivity index (χ0v) is 12.3. The second-order valence-corrected chi connectivity index (χ2v) is 5.10. The Labute approximate surface area is 121 Å². The Morgan fingerprint density at radius 3 is 2.45 bits per heavy atom. The van der Waals surface area contributed by atoms with Crippen molar-refractivity contribution in [1.82, 2.24) is 0 Å². The predicted octanol–water partition coefficient (Wildman–Crippen LogP) is 2.91. The predicted molar refractivity (Wildman–Crippen MR) is 81.0 cm³/mol. The first-order valence-electron chi connectivity index (χ1n) is 5.93. The number of methoxy groups -OCH3 is 2. The molecule has 106 valence electrons. The molecule has 3 N–H and O–H groups in total. The molecule has 0 unspecified atom stereocenters. The molecule has 0 aliphatic heterocycles. The summed E-state index contributed by atoms with van der Waals surface area (Å²) in [6, 6.07) is 5.25. The van der Waals surface area contributed by atoms with Crippen LogP contribution in [-0.2, 0) is 0 Å². The van der Waals surface area contributed by atoms with E-state index in [9.17, 15) is 4.79 Å². The van der Waals surface area contributed by atoms with Crippen LogP contribution in [0.25, 0.3) is 0 Å². The molecule has 0 atom stereocenters. The SMILES string of the molecule is COc1cc(C)c(NC(=O)c2sccc2N)cc1OC. The minimum Gasteiger partial charge on any atom is -0.493 e. The normalized spacial score (nSPS) is 10.2. The van der Waals surface area contributed by atoms with E-state index in [0.29, 0.717) is 27.8 Å². The topological polar surface area (TPSA) is 73.6 Å². The smallest absolute Gasteiger partial charge is 0.267 e. The van der Waals surface area contributed by atoms with Crippen LogP contribution in [0.4, 0.5) is 11.4 Å². The summed E-state index contributed by atoms with van der Waals surface area (Å²) >= 11 is 1.31. The first-order chi connectivity index (χ1) is 9.56. The molecule has 5 nitrogen and oxygen atoms in total. The zero-order chi connectivity index (χ0) is 14.7. The average Bonchev–Trinajstić information content (AvgIpc) is 2.86. The van der Waals surface area contributed by atoms with Crippen LogP contribution < -0.4 is 20.5 Å². The minimum absolute atomic E-state index is 0.229. The van der Waals surface area contributed by atoms with Crippen LogP contribution in [-0.4, -0.2) is 20.1 Å². The second kappa shape index (κ2) is 5.83. The number of hydrogen-bond donors (Lipinski definition) is 2. The largest absolute Gasteiger partial charge is 0.493 e. The third kappa shape index (κ3) is 2.70. The van der Waals surface area contributed by atoms with Gasteiger partial charge >= 0.3 is 0 Å². The van der Waals surface area contributed by atoms with Gasteiger partial charge in [-0.1, -0.05) is 0 Å². The number of amides is 1. The highest BCUT2D eigenvalue weighted by Crippen LogP contribution is 2.33. The van der Waals surface area contributed by atoms with E-state index in [4.69, 9.17) is 15.2 Å². The van der Waals surface area contributed by atoms with Crippen LogP contribution in [0.5, 0.6) is 11.5 Å². The van der Waals surface area contributed by atoms with Gasteiger partial charge in [-0.15, -0.1) is 11.3 Å². The number of carbonyl (C=O) groups is 1. The molecule has 0 bridgehead atoms.